The summed E-state index contributed by atoms with van der Waals surface area (Å²) < 4.78 is 1.72. The van der Waals surface area contributed by atoms with Gasteiger partial charge in [0.15, 0.2) is 0 Å². The molecule has 3 rings (SSSR count). The van der Waals surface area contributed by atoms with Crippen LogP contribution in [-0.4, -0.2) is 46.3 Å². The third-order valence-electron chi connectivity index (χ3n) is 4.48. The molecular weight excluding hydrogens is 288 g/mol. The molecule has 2 aromatic rings. The van der Waals surface area contributed by atoms with Gasteiger partial charge in [-0.25, -0.2) is 0 Å². The fourth-order valence-corrected chi connectivity index (χ4v) is 3.25. The van der Waals surface area contributed by atoms with Crippen molar-refractivity contribution in [2.75, 3.05) is 24.5 Å². The second-order valence-corrected chi connectivity index (χ2v) is 6.32. The van der Waals surface area contributed by atoms with Crippen LogP contribution < -0.4 is 4.90 Å². The lowest BCUT2D eigenvalue weighted by Crippen LogP contribution is -2.55. The lowest BCUT2D eigenvalue weighted by atomic mass is 10.1. The average Bonchev–Trinajstić information content (AvgIpc) is 2.92. The van der Waals surface area contributed by atoms with E-state index in [1.54, 1.807) is 4.68 Å². The van der Waals surface area contributed by atoms with Gasteiger partial charge >= 0.3 is 0 Å². The smallest absolute Gasteiger partial charge is 0.244 e. The topological polar surface area (TPSA) is 41.4 Å². The fourth-order valence-electron chi connectivity index (χ4n) is 3.25. The van der Waals surface area contributed by atoms with Crippen LogP contribution in [0.3, 0.4) is 0 Å². The molecule has 0 N–H and O–H groups in total. The van der Waals surface area contributed by atoms with E-state index in [9.17, 15) is 4.79 Å². The van der Waals surface area contributed by atoms with Crippen LogP contribution in [0.1, 0.15) is 18.2 Å². The van der Waals surface area contributed by atoms with E-state index in [1.165, 1.54) is 11.3 Å². The molecule has 122 valence electrons. The van der Waals surface area contributed by atoms with E-state index in [0.29, 0.717) is 6.54 Å². The molecule has 5 nitrogen and oxygen atoms in total. The zero-order valence-electron chi connectivity index (χ0n) is 14.1. The highest BCUT2D eigenvalue weighted by atomic mass is 16.2. The van der Waals surface area contributed by atoms with Gasteiger partial charge in [-0.3, -0.25) is 9.48 Å². The van der Waals surface area contributed by atoms with Crippen LogP contribution in [0.2, 0.25) is 0 Å². The second-order valence-electron chi connectivity index (χ2n) is 6.32. The SMILES string of the molecule is Cc1ccn(CC(=O)N2CCN(c3ccccc3C)C[C@@H]2C)n1. The average molecular weight is 312 g/mol. The van der Waals surface area contributed by atoms with Gasteiger partial charge in [0, 0.05) is 37.6 Å². The van der Waals surface area contributed by atoms with Gasteiger partial charge in [-0.15, -0.1) is 0 Å². The highest BCUT2D eigenvalue weighted by molar-refractivity contribution is 5.76. The largest absolute Gasteiger partial charge is 0.367 e. The lowest BCUT2D eigenvalue weighted by molar-refractivity contribution is -0.134. The molecule has 1 atom stereocenters. The first kappa shape index (κ1) is 15.6. The Morgan fingerprint density at radius 1 is 1.22 bits per heavy atom. The van der Waals surface area contributed by atoms with Crippen LogP contribution in [0.5, 0.6) is 0 Å². The summed E-state index contributed by atoms with van der Waals surface area (Å²) in [5, 5.41) is 4.30. The number of benzene rings is 1. The Labute approximate surface area is 137 Å². The van der Waals surface area contributed by atoms with Gasteiger partial charge in [0.1, 0.15) is 6.54 Å². The number of piperazine rings is 1. The van der Waals surface area contributed by atoms with Crippen molar-refractivity contribution in [1.29, 1.82) is 0 Å². The van der Waals surface area contributed by atoms with Crippen LogP contribution >= 0.6 is 0 Å². The molecule has 1 aromatic heterocycles. The quantitative estimate of drug-likeness (QED) is 0.873. The summed E-state index contributed by atoms with van der Waals surface area (Å²) in [5.74, 6) is 0.144. The Bertz CT molecular complexity index is 694. The minimum Gasteiger partial charge on any atom is -0.367 e. The summed E-state index contributed by atoms with van der Waals surface area (Å²) in [6, 6.07) is 10.6. The molecule has 5 heteroatoms. The number of aromatic nitrogens is 2. The molecule has 0 unspecified atom stereocenters. The van der Waals surface area contributed by atoms with Crippen molar-refractivity contribution in [3.63, 3.8) is 0 Å². The third-order valence-corrected chi connectivity index (χ3v) is 4.48. The van der Waals surface area contributed by atoms with E-state index in [-0.39, 0.29) is 11.9 Å². The van der Waals surface area contributed by atoms with Gasteiger partial charge in [-0.2, -0.15) is 5.10 Å². The van der Waals surface area contributed by atoms with E-state index < -0.39 is 0 Å². The van der Waals surface area contributed by atoms with Crippen molar-refractivity contribution < 1.29 is 4.79 Å². The highest BCUT2D eigenvalue weighted by Crippen LogP contribution is 2.23. The number of nitrogens with zero attached hydrogens (tertiary/aromatic N) is 4. The number of hydrogen-bond donors (Lipinski definition) is 0. The molecular formula is C18H24N4O. The molecule has 1 amide bonds. The molecule has 1 fully saturated rings. The Morgan fingerprint density at radius 3 is 2.65 bits per heavy atom. The molecule has 1 aliphatic rings. The first-order valence-electron chi connectivity index (χ1n) is 8.14. The number of hydrogen-bond acceptors (Lipinski definition) is 3. The summed E-state index contributed by atoms with van der Waals surface area (Å²) in [7, 11) is 0. The zero-order valence-corrected chi connectivity index (χ0v) is 14.1. The lowest BCUT2D eigenvalue weighted by Gasteiger charge is -2.41. The van der Waals surface area contributed by atoms with Crippen molar-refractivity contribution >= 4 is 11.6 Å². The summed E-state index contributed by atoms with van der Waals surface area (Å²) in [6.07, 6.45) is 1.86. The maximum Gasteiger partial charge on any atom is 0.244 e. The van der Waals surface area contributed by atoms with Crippen LogP contribution in [0.4, 0.5) is 5.69 Å². The highest BCUT2D eigenvalue weighted by Gasteiger charge is 2.28. The van der Waals surface area contributed by atoms with Gasteiger partial charge in [-0.1, -0.05) is 18.2 Å². The van der Waals surface area contributed by atoms with Crippen LogP contribution in [-0.2, 0) is 11.3 Å². The van der Waals surface area contributed by atoms with E-state index in [0.717, 1.165) is 25.3 Å². The number of aryl methyl sites for hydroxylation is 2. The van der Waals surface area contributed by atoms with E-state index in [1.807, 2.05) is 24.1 Å². The monoisotopic (exact) mass is 312 g/mol. The van der Waals surface area contributed by atoms with Gasteiger partial charge in [0.25, 0.3) is 0 Å². The first-order chi connectivity index (χ1) is 11.0. The van der Waals surface area contributed by atoms with Crippen molar-refractivity contribution in [3.05, 3.63) is 47.8 Å². The number of carbonyl (C=O) groups excluding carboxylic acids is 1. The molecule has 23 heavy (non-hydrogen) atoms. The molecule has 2 heterocycles. The molecule has 0 bridgehead atoms. The number of rotatable bonds is 3. The van der Waals surface area contributed by atoms with E-state index in [2.05, 4.69) is 48.1 Å². The normalized spacial score (nSPS) is 18.3. The summed E-state index contributed by atoms with van der Waals surface area (Å²) in [6.45, 7) is 9.02. The predicted molar refractivity (Wildman–Crippen MR) is 91.5 cm³/mol. The number of carbonyl (C=O) groups is 1. The number of anilines is 1. The van der Waals surface area contributed by atoms with Gasteiger partial charge < -0.3 is 9.80 Å². The summed E-state index contributed by atoms with van der Waals surface area (Å²) in [4.78, 5) is 16.9. The van der Waals surface area contributed by atoms with Gasteiger partial charge in [-0.05, 0) is 38.5 Å². The van der Waals surface area contributed by atoms with Crippen LogP contribution in [0.25, 0.3) is 0 Å². The Hall–Kier alpha value is -2.30. The minimum absolute atomic E-state index is 0.144. The van der Waals surface area contributed by atoms with Crippen LogP contribution in [0.15, 0.2) is 36.5 Å². The maximum absolute atomic E-state index is 12.5. The Kier molecular flexibility index (Phi) is 4.37. The standard InChI is InChI=1S/C18H24N4O/c1-14-6-4-5-7-17(14)20-10-11-22(16(3)12-20)18(23)13-21-9-8-15(2)19-21/h4-9,16H,10-13H2,1-3H3/t16-/m0/s1. The van der Waals surface area contributed by atoms with Gasteiger partial charge in [0.2, 0.25) is 5.91 Å². The first-order valence-corrected chi connectivity index (χ1v) is 8.14. The zero-order chi connectivity index (χ0) is 16.4. The van der Waals surface area contributed by atoms with E-state index in [4.69, 9.17) is 0 Å². The van der Waals surface area contributed by atoms with E-state index >= 15 is 0 Å². The number of para-hydroxylation sites is 1. The molecule has 0 spiro atoms. The van der Waals surface area contributed by atoms with Crippen molar-refractivity contribution in [2.45, 2.75) is 33.4 Å². The maximum atomic E-state index is 12.5. The predicted octanol–water partition coefficient (Wildman–Crippen LogP) is 2.24. The molecule has 1 saturated heterocycles. The van der Waals surface area contributed by atoms with Crippen molar-refractivity contribution in [1.82, 2.24) is 14.7 Å². The van der Waals surface area contributed by atoms with Crippen molar-refractivity contribution in [3.8, 4) is 0 Å². The minimum atomic E-state index is 0.144. The summed E-state index contributed by atoms with van der Waals surface area (Å²) in [5.41, 5.74) is 3.50. The molecule has 0 radical (unpaired) electrons. The van der Waals surface area contributed by atoms with Crippen molar-refractivity contribution in [2.24, 2.45) is 0 Å². The summed E-state index contributed by atoms with van der Waals surface area (Å²) >= 11 is 0. The Morgan fingerprint density at radius 2 is 2.00 bits per heavy atom. The molecule has 1 aliphatic heterocycles. The van der Waals surface area contributed by atoms with Gasteiger partial charge in [0.05, 0.1) is 5.69 Å². The number of amides is 1. The third kappa shape index (κ3) is 3.38. The fraction of sp³-hybridized carbons (Fsp3) is 0.444. The molecule has 1 aromatic carbocycles. The molecule has 0 aliphatic carbocycles. The Balaban J connectivity index is 1.64. The second kappa shape index (κ2) is 6.44. The van der Waals surface area contributed by atoms with Crippen LogP contribution in [0, 0.1) is 13.8 Å². The molecule has 0 saturated carbocycles.